The fraction of sp³-hybridized carbons (Fsp3) is 0.231. The molecule has 3 rings (SSSR count). The van der Waals surface area contributed by atoms with Crippen molar-refractivity contribution >= 4 is 11.9 Å². The van der Waals surface area contributed by atoms with Gasteiger partial charge >= 0.3 is 6.03 Å². The number of nitrogens with one attached hydrogen (secondary N) is 3. The van der Waals surface area contributed by atoms with Gasteiger partial charge in [-0.3, -0.25) is 10.2 Å². The molecule has 0 aromatic heterocycles. The van der Waals surface area contributed by atoms with Crippen LogP contribution in [0.3, 0.4) is 0 Å². The summed E-state index contributed by atoms with van der Waals surface area (Å²) in [4.78, 5) is 23.8. The van der Waals surface area contributed by atoms with Crippen molar-refractivity contribution in [3.05, 3.63) is 47.2 Å². The maximum Gasteiger partial charge on any atom is 0.319 e. The largest absolute Gasteiger partial charge is 0.327 e. The molecule has 2 heterocycles. The van der Waals surface area contributed by atoms with Gasteiger partial charge < -0.3 is 10.6 Å². The molecule has 3 N–H and O–H groups in total. The summed E-state index contributed by atoms with van der Waals surface area (Å²) in [5.41, 5.74) is 4.86. The van der Waals surface area contributed by atoms with E-state index in [1.54, 1.807) is 12.1 Å². The standard InChI is InChI=1S/C13H14N4O2/c1-17-7-9-10(12(18)16-17)11(15-13(19)14-9)8-5-3-2-4-6-8/h2-6,11H,7H2,1H3,(H,16,18)(H2,14,15,19). The molecule has 0 saturated carbocycles. The molecule has 98 valence electrons. The average molecular weight is 258 g/mol. The van der Waals surface area contributed by atoms with E-state index in [9.17, 15) is 9.59 Å². The quantitative estimate of drug-likeness (QED) is 0.677. The third-order valence-corrected chi connectivity index (χ3v) is 3.22. The molecule has 1 aromatic rings. The molecule has 0 spiro atoms. The molecule has 1 atom stereocenters. The van der Waals surface area contributed by atoms with E-state index in [4.69, 9.17) is 0 Å². The number of rotatable bonds is 1. The second kappa shape index (κ2) is 4.40. The van der Waals surface area contributed by atoms with Gasteiger partial charge in [-0.1, -0.05) is 30.3 Å². The van der Waals surface area contributed by atoms with E-state index >= 15 is 0 Å². The number of benzene rings is 1. The number of hydrogen-bond acceptors (Lipinski definition) is 3. The van der Waals surface area contributed by atoms with Crippen LogP contribution in [-0.4, -0.2) is 30.5 Å². The molecule has 3 amide bonds. The van der Waals surface area contributed by atoms with Gasteiger partial charge in [0.2, 0.25) is 0 Å². The van der Waals surface area contributed by atoms with E-state index in [0.29, 0.717) is 17.8 Å². The first kappa shape index (κ1) is 11.7. The molecule has 19 heavy (non-hydrogen) atoms. The van der Waals surface area contributed by atoms with Crippen molar-refractivity contribution in [2.75, 3.05) is 13.6 Å². The summed E-state index contributed by atoms with van der Waals surface area (Å²) in [6.45, 7) is 0.484. The minimum absolute atomic E-state index is 0.190. The molecule has 0 fully saturated rings. The Labute approximate surface area is 110 Å². The molecule has 6 heteroatoms. The molecule has 0 aliphatic carbocycles. The van der Waals surface area contributed by atoms with Gasteiger partial charge in [0.1, 0.15) is 0 Å². The zero-order chi connectivity index (χ0) is 13.4. The Balaban J connectivity index is 2.06. The SMILES string of the molecule is CN1CC2=C(C(=O)N1)C(c1ccccc1)NC(=O)N2. The molecule has 2 aliphatic rings. The van der Waals surface area contributed by atoms with Gasteiger partial charge in [0, 0.05) is 12.7 Å². The first-order valence-corrected chi connectivity index (χ1v) is 6.03. The van der Waals surface area contributed by atoms with Crippen LogP contribution in [0, 0.1) is 0 Å². The highest BCUT2D eigenvalue weighted by Gasteiger charge is 2.35. The first-order valence-electron chi connectivity index (χ1n) is 6.03. The lowest BCUT2D eigenvalue weighted by molar-refractivity contribution is -0.122. The van der Waals surface area contributed by atoms with Crippen molar-refractivity contribution in [1.82, 2.24) is 21.1 Å². The Hall–Kier alpha value is -2.34. The topological polar surface area (TPSA) is 73.5 Å². The van der Waals surface area contributed by atoms with Crippen molar-refractivity contribution in [2.45, 2.75) is 6.04 Å². The number of amides is 3. The molecule has 0 bridgehead atoms. The van der Waals surface area contributed by atoms with E-state index in [1.807, 2.05) is 30.3 Å². The normalized spacial score (nSPS) is 23.3. The average Bonchev–Trinajstić information content (AvgIpc) is 2.38. The summed E-state index contributed by atoms with van der Waals surface area (Å²) in [6, 6.07) is 8.78. The van der Waals surface area contributed by atoms with E-state index in [-0.39, 0.29) is 11.9 Å². The summed E-state index contributed by atoms with van der Waals surface area (Å²) in [6.07, 6.45) is 0. The lowest BCUT2D eigenvalue weighted by Crippen LogP contribution is -2.56. The van der Waals surface area contributed by atoms with Crippen molar-refractivity contribution in [1.29, 1.82) is 0 Å². The third kappa shape index (κ3) is 2.06. The lowest BCUT2D eigenvalue weighted by atomic mass is 9.94. The smallest absolute Gasteiger partial charge is 0.319 e. The molecule has 2 aliphatic heterocycles. The Morgan fingerprint density at radius 3 is 2.68 bits per heavy atom. The molecular formula is C13H14N4O2. The Morgan fingerprint density at radius 1 is 1.21 bits per heavy atom. The minimum Gasteiger partial charge on any atom is -0.327 e. The summed E-state index contributed by atoms with van der Waals surface area (Å²) in [5.74, 6) is -0.190. The van der Waals surface area contributed by atoms with Crippen LogP contribution in [0.2, 0.25) is 0 Å². The monoisotopic (exact) mass is 258 g/mol. The summed E-state index contributed by atoms with van der Waals surface area (Å²) >= 11 is 0. The van der Waals surface area contributed by atoms with Gasteiger partial charge in [0.15, 0.2) is 0 Å². The van der Waals surface area contributed by atoms with Crippen LogP contribution < -0.4 is 16.1 Å². The number of carbonyl (C=O) groups is 2. The van der Waals surface area contributed by atoms with Crippen molar-refractivity contribution < 1.29 is 9.59 Å². The number of hydrazine groups is 1. The lowest BCUT2D eigenvalue weighted by Gasteiger charge is -2.35. The zero-order valence-electron chi connectivity index (χ0n) is 10.4. The van der Waals surface area contributed by atoms with Crippen LogP contribution in [0.4, 0.5) is 4.79 Å². The highest BCUT2D eigenvalue weighted by Crippen LogP contribution is 2.28. The van der Waals surface area contributed by atoms with Crippen LogP contribution in [0.25, 0.3) is 0 Å². The van der Waals surface area contributed by atoms with Crippen molar-refractivity contribution in [2.24, 2.45) is 0 Å². The molecule has 0 radical (unpaired) electrons. The van der Waals surface area contributed by atoms with Crippen molar-refractivity contribution in [3.8, 4) is 0 Å². The van der Waals surface area contributed by atoms with Crippen LogP contribution in [0.1, 0.15) is 11.6 Å². The summed E-state index contributed by atoms with van der Waals surface area (Å²) in [5, 5.41) is 7.14. The van der Waals surface area contributed by atoms with E-state index < -0.39 is 6.04 Å². The Kier molecular flexibility index (Phi) is 2.72. The first-order chi connectivity index (χ1) is 9.15. The number of nitrogens with zero attached hydrogens (tertiary/aromatic N) is 1. The summed E-state index contributed by atoms with van der Waals surface area (Å²) < 4.78 is 0. The van der Waals surface area contributed by atoms with Crippen LogP contribution >= 0.6 is 0 Å². The van der Waals surface area contributed by atoms with Gasteiger partial charge in [0.25, 0.3) is 5.91 Å². The fourth-order valence-electron chi connectivity index (χ4n) is 2.42. The molecule has 1 unspecified atom stereocenters. The van der Waals surface area contributed by atoms with Gasteiger partial charge in [-0.05, 0) is 5.56 Å². The second-order valence-corrected chi connectivity index (χ2v) is 4.63. The highest BCUT2D eigenvalue weighted by molar-refractivity contribution is 5.99. The zero-order valence-corrected chi connectivity index (χ0v) is 10.4. The number of likely N-dealkylation sites (N-methyl/N-ethyl adjacent to an activating group) is 1. The number of hydrogen-bond donors (Lipinski definition) is 3. The molecular weight excluding hydrogens is 244 g/mol. The predicted octanol–water partition coefficient (Wildman–Crippen LogP) is 0.271. The van der Waals surface area contributed by atoms with Gasteiger partial charge in [-0.15, -0.1) is 0 Å². The third-order valence-electron chi connectivity index (χ3n) is 3.22. The maximum atomic E-state index is 12.1. The van der Waals surface area contributed by atoms with Gasteiger partial charge in [-0.25, -0.2) is 9.80 Å². The van der Waals surface area contributed by atoms with Gasteiger partial charge in [0.05, 0.1) is 18.2 Å². The van der Waals surface area contributed by atoms with Crippen molar-refractivity contribution in [3.63, 3.8) is 0 Å². The molecule has 6 nitrogen and oxygen atoms in total. The minimum atomic E-state index is -0.404. The summed E-state index contributed by atoms with van der Waals surface area (Å²) in [7, 11) is 1.76. The number of urea groups is 1. The molecule has 1 aromatic carbocycles. The van der Waals surface area contributed by atoms with Crippen LogP contribution in [0.5, 0.6) is 0 Å². The van der Waals surface area contributed by atoms with Gasteiger partial charge in [-0.2, -0.15) is 0 Å². The van der Waals surface area contributed by atoms with E-state index in [1.165, 1.54) is 0 Å². The Morgan fingerprint density at radius 2 is 1.95 bits per heavy atom. The Bertz CT molecular complexity index is 567. The fourth-order valence-corrected chi connectivity index (χ4v) is 2.42. The molecule has 0 saturated heterocycles. The van der Waals surface area contributed by atoms with E-state index in [2.05, 4.69) is 16.1 Å². The van der Waals surface area contributed by atoms with Crippen LogP contribution in [-0.2, 0) is 4.79 Å². The second-order valence-electron chi connectivity index (χ2n) is 4.63. The highest BCUT2D eigenvalue weighted by atomic mass is 16.2. The maximum absolute atomic E-state index is 12.1. The van der Waals surface area contributed by atoms with Crippen LogP contribution in [0.15, 0.2) is 41.6 Å². The number of carbonyl (C=O) groups excluding carboxylic acids is 2. The predicted molar refractivity (Wildman–Crippen MR) is 68.6 cm³/mol. The van der Waals surface area contributed by atoms with E-state index in [0.717, 1.165) is 5.56 Å².